The molecule has 0 heterocycles. The fraction of sp³-hybridized carbons (Fsp3) is 0.278. The number of benzene rings is 2. The third-order valence-corrected chi connectivity index (χ3v) is 4.22. The molecule has 0 spiro atoms. The smallest absolute Gasteiger partial charge is 0.228 e. The number of methoxy groups -OCH3 is 3. The molecule has 0 aromatic heterocycles. The normalized spacial score (nSPS) is 10.2. The highest BCUT2D eigenvalue weighted by molar-refractivity contribution is 7.98. The Bertz CT molecular complexity index is 676. The number of amides is 1. The molecule has 128 valence electrons. The van der Waals surface area contributed by atoms with Gasteiger partial charge in [0.1, 0.15) is 0 Å². The van der Waals surface area contributed by atoms with Crippen molar-refractivity contribution < 1.29 is 19.0 Å². The quantitative estimate of drug-likeness (QED) is 0.775. The standard InChI is InChI=1S/C18H21NO4S/c1-21-15-10-13(11-16(22-2)18(15)23-3)19-17(20)9-12-5-7-14(24-4)8-6-12/h5-8,10-11H,9H2,1-4H3,(H,19,20). The molecule has 1 amide bonds. The first-order chi connectivity index (χ1) is 11.6. The van der Waals surface area contributed by atoms with Crippen LogP contribution in [0.3, 0.4) is 0 Å². The zero-order valence-corrected chi connectivity index (χ0v) is 15.0. The van der Waals surface area contributed by atoms with Gasteiger partial charge in [-0.1, -0.05) is 12.1 Å². The van der Waals surface area contributed by atoms with E-state index >= 15 is 0 Å². The number of anilines is 1. The van der Waals surface area contributed by atoms with Crippen LogP contribution in [0.25, 0.3) is 0 Å². The Morgan fingerprint density at radius 2 is 1.58 bits per heavy atom. The van der Waals surface area contributed by atoms with E-state index in [4.69, 9.17) is 14.2 Å². The molecule has 1 N–H and O–H groups in total. The van der Waals surface area contributed by atoms with Gasteiger partial charge in [-0.15, -0.1) is 11.8 Å². The van der Waals surface area contributed by atoms with Gasteiger partial charge in [0.25, 0.3) is 0 Å². The van der Waals surface area contributed by atoms with Crippen LogP contribution in [0.4, 0.5) is 5.69 Å². The van der Waals surface area contributed by atoms with Crippen LogP contribution < -0.4 is 19.5 Å². The predicted molar refractivity (Wildman–Crippen MR) is 96.7 cm³/mol. The van der Waals surface area contributed by atoms with Crippen molar-refractivity contribution in [2.24, 2.45) is 0 Å². The molecule has 0 fully saturated rings. The number of nitrogens with one attached hydrogen (secondary N) is 1. The third-order valence-electron chi connectivity index (χ3n) is 3.47. The van der Waals surface area contributed by atoms with Crippen molar-refractivity contribution in [1.82, 2.24) is 0 Å². The molecule has 0 aliphatic rings. The summed E-state index contributed by atoms with van der Waals surface area (Å²) in [5, 5.41) is 2.86. The molecule has 5 nitrogen and oxygen atoms in total. The first kappa shape index (κ1) is 18.0. The maximum Gasteiger partial charge on any atom is 0.228 e. The van der Waals surface area contributed by atoms with Gasteiger partial charge >= 0.3 is 0 Å². The minimum Gasteiger partial charge on any atom is -0.493 e. The van der Waals surface area contributed by atoms with Crippen molar-refractivity contribution >= 4 is 23.4 Å². The lowest BCUT2D eigenvalue weighted by Gasteiger charge is -2.14. The highest BCUT2D eigenvalue weighted by atomic mass is 32.2. The molecule has 2 aromatic rings. The van der Waals surface area contributed by atoms with Crippen LogP contribution in [0, 0.1) is 0 Å². The number of hydrogen-bond donors (Lipinski definition) is 1. The van der Waals surface area contributed by atoms with E-state index in [0.29, 0.717) is 29.4 Å². The van der Waals surface area contributed by atoms with E-state index in [1.807, 2.05) is 30.5 Å². The summed E-state index contributed by atoms with van der Waals surface area (Å²) in [5.74, 6) is 1.37. The van der Waals surface area contributed by atoms with Gasteiger partial charge in [0.15, 0.2) is 11.5 Å². The van der Waals surface area contributed by atoms with Gasteiger partial charge in [0, 0.05) is 22.7 Å². The Kier molecular flexibility index (Phi) is 6.37. The van der Waals surface area contributed by atoms with E-state index < -0.39 is 0 Å². The maximum absolute atomic E-state index is 12.3. The summed E-state index contributed by atoms with van der Waals surface area (Å²) >= 11 is 1.67. The fourth-order valence-corrected chi connectivity index (χ4v) is 2.70. The van der Waals surface area contributed by atoms with E-state index in [9.17, 15) is 4.79 Å². The summed E-state index contributed by atoms with van der Waals surface area (Å²) in [6, 6.07) is 11.3. The zero-order valence-electron chi connectivity index (χ0n) is 14.2. The van der Waals surface area contributed by atoms with Crippen molar-refractivity contribution in [3.05, 3.63) is 42.0 Å². The van der Waals surface area contributed by atoms with E-state index in [2.05, 4.69) is 5.32 Å². The molecule has 0 unspecified atom stereocenters. The van der Waals surface area contributed by atoms with Crippen LogP contribution in [0.2, 0.25) is 0 Å². The highest BCUT2D eigenvalue weighted by Gasteiger charge is 2.14. The Labute approximate surface area is 146 Å². The summed E-state index contributed by atoms with van der Waals surface area (Å²) in [4.78, 5) is 13.4. The van der Waals surface area contributed by atoms with Crippen LogP contribution in [-0.4, -0.2) is 33.5 Å². The third kappa shape index (κ3) is 4.35. The molecule has 24 heavy (non-hydrogen) atoms. The monoisotopic (exact) mass is 347 g/mol. The van der Waals surface area contributed by atoms with E-state index in [0.717, 1.165) is 5.56 Å². The number of carbonyl (C=O) groups excluding carboxylic acids is 1. The van der Waals surface area contributed by atoms with Gasteiger partial charge in [-0.05, 0) is 24.0 Å². The summed E-state index contributed by atoms with van der Waals surface area (Å²) in [7, 11) is 4.61. The molecule has 0 aliphatic carbocycles. The van der Waals surface area contributed by atoms with Gasteiger partial charge < -0.3 is 19.5 Å². The van der Waals surface area contributed by atoms with Gasteiger partial charge in [-0.25, -0.2) is 0 Å². The van der Waals surface area contributed by atoms with Crippen LogP contribution >= 0.6 is 11.8 Å². The number of hydrogen-bond acceptors (Lipinski definition) is 5. The zero-order chi connectivity index (χ0) is 17.5. The molecule has 0 bridgehead atoms. The Morgan fingerprint density at radius 1 is 1.00 bits per heavy atom. The molecular formula is C18H21NO4S. The minimum atomic E-state index is -0.110. The largest absolute Gasteiger partial charge is 0.493 e. The van der Waals surface area contributed by atoms with Crippen LogP contribution in [-0.2, 0) is 11.2 Å². The molecule has 6 heteroatoms. The molecule has 0 atom stereocenters. The number of carbonyl (C=O) groups is 1. The van der Waals surface area contributed by atoms with Crippen molar-refractivity contribution in [3.63, 3.8) is 0 Å². The number of ether oxygens (including phenoxy) is 3. The van der Waals surface area contributed by atoms with E-state index in [-0.39, 0.29) is 5.91 Å². The van der Waals surface area contributed by atoms with E-state index in [1.54, 1.807) is 23.9 Å². The SMILES string of the molecule is COc1cc(NC(=O)Cc2ccc(SC)cc2)cc(OC)c1OC. The maximum atomic E-state index is 12.3. The topological polar surface area (TPSA) is 56.8 Å². The second kappa shape index (κ2) is 8.49. The van der Waals surface area contributed by atoms with Crippen LogP contribution in [0.15, 0.2) is 41.3 Å². The summed E-state index contributed by atoms with van der Waals surface area (Å²) in [6.45, 7) is 0. The molecule has 0 saturated heterocycles. The van der Waals surface area contributed by atoms with Crippen molar-refractivity contribution in [1.29, 1.82) is 0 Å². The first-order valence-electron chi connectivity index (χ1n) is 7.34. The lowest BCUT2D eigenvalue weighted by atomic mass is 10.1. The molecule has 2 rings (SSSR count). The van der Waals surface area contributed by atoms with Gasteiger partial charge in [-0.2, -0.15) is 0 Å². The Morgan fingerprint density at radius 3 is 2.04 bits per heavy atom. The van der Waals surface area contributed by atoms with Crippen molar-refractivity contribution in [3.8, 4) is 17.2 Å². The molecular weight excluding hydrogens is 326 g/mol. The lowest BCUT2D eigenvalue weighted by Crippen LogP contribution is -2.14. The minimum absolute atomic E-state index is 0.110. The Balaban J connectivity index is 2.12. The van der Waals surface area contributed by atoms with E-state index in [1.165, 1.54) is 26.2 Å². The summed E-state index contributed by atoms with van der Waals surface area (Å²) < 4.78 is 15.8. The number of thioether (sulfide) groups is 1. The van der Waals surface area contributed by atoms with Crippen LogP contribution in [0.1, 0.15) is 5.56 Å². The average molecular weight is 347 g/mol. The predicted octanol–water partition coefficient (Wildman–Crippen LogP) is 3.62. The Hall–Kier alpha value is -2.34. The number of rotatable bonds is 7. The van der Waals surface area contributed by atoms with Gasteiger partial charge in [0.2, 0.25) is 11.7 Å². The van der Waals surface area contributed by atoms with Gasteiger partial charge in [-0.3, -0.25) is 4.79 Å². The van der Waals surface area contributed by atoms with Crippen molar-refractivity contribution in [2.45, 2.75) is 11.3 Å². The summed E-state index contributed by atoms with van der Waals surface area (Å²) in [5.41, 5.74) is 1.55. The first-order valence-corrected chi connectivity index (χ1v) is 8.56. The second-order valence-electron chi connectivity index (χ2n) is 4.99. The molecule has 2 aromatic carbocycles. The second-order valence-corrected chi connectivity index (χ2v) is 5.87. The average Bonchev–Trinajstić information content (AvgIpc) is 2.61. The highest BCUT2D eigenvalue weighted by Crippen LogP contribution is 2.39. The summed E-state index contributed by atoms with van der Waals surface area (Å²) in [6.07, 6.45) is 2.32. The molecule has 0 aliphatic heterocycles. The van der Waals surface area contributed by atoms with Gasteiger partial charge in [0.05, 0.1) is 27.8 Å². The fourth-order valence-electron chi connectivity index (χ4n) is 2.29. The van der Waals surface area contributed by atoms with Crippen LogP contribution in [0.5, 0.6) is 17.2 Å². The van der Waals surface area contributed by atoms with Crippen molar-refractivity contribution in [2.75, 3.05) is 32.9 Å². The molecule has 0 radical (unpaired) electrons. The molecule has 0 saturated carbocycles. The lowest BCUT2D eigenvalue weighted by molar-refractivity contribution is -0.115.